The zero-order valence-corrected chi connectivity index (χ0v) is 19.6. The molecule has 6 nitrogen and oxygen atoms in total. The zero-order valence-electron chi connectivity index (χ0n) is 17.3. The van der Waals surface area contributed by atoms with Gasteiger partial charge in [-0.15, -0.1) is 11.3 Å². The van der Waals surface area contributed by atoms with E-state index in [4.69, 9.17) is 27.9 Å². The van der Waals surface area contributed by atoms with E-state index in [0.717, 1.165) is 5.56 Å². The highest BCUT2D eigenvalue weighted by atomic mass is 35.5. The highest BCUT2D eigenvalue weighted by Gasteiger charge is 2.31. The molecular weight excluding hydrogens is 459 g/mol. The predicted molar refractivity (Wildman–Crippen MR) is 122 cm³/mol. The monoisotopic (exact) mass is 482 g/mol. The third-order valence-electron chi connectivity index (χ3n) is 5.30. The van der Waals surface area contributed by atoms with Gasteiger partial charge in [-0.3, -0.25) is 14.4 Å². The number of thiophene rings is 1. The Hall–Kier alpha value is -2.09. The molecule has 0 bridgehead atoms. The topological polar surface area (TPSA) is 75.7 Å². The van der Waals surface area contributed by atoms with Gasteiger partial charge in [0.2, 0.25) is 0 Å². The Bertz CT molecular complexity index is 943. The van der Waals surface area contributed by atoms with E-state index < -0.39 is 18.0 Å². The molecule has 2 unspecified atom stereocenters. The first-order valence-electron chi connectivity index (χ1n) is 10.0. The molecule has 9 heteroatoms. The van der Waals surface area contributed by atoms with Crippen molar-refractivity contribution in [2.75, 3.05) is 13.1 Å². The number of carbonyl (C=O) groups excluding carboxylic acids is 3. The van der Waals surface area contributed by atoms with Crippen molar-refractivity contribution in [3.05, 3.63) is 56.2 Å². The zero-order chi connectivity index (χ0) is 22.5. The van der Waals surface area contributed by atoms with Gasteiger partial charge >= 0.3 is 5.97 Å². The minimum absolute atomic E-state index is 0.00980. The molecule has 1 aromatic heterocycles. The number of rotatable bonds is 6. The maximum atomic E-state index is 12.5. The smallest absolute Gasteiger partial charge is 0.309 e. The summed E-state index contributed by atoms with van der Waals surface area (Å²) in [6.45, 7) is 4.31. The third-order valence-corrected chi connectivity index (χ3v) is 6.72. The normalized spacial score (nSPS) is 16.5. The van der Waals surface area contributed by atoms with Gasteiger partial charge in [0.25, 0.3) is 11.8 Å². The van der Waals surface area contributed by atoms with E-state index in [1.165, 1.54) is 11.3 Å². The minimum atomic E-state index is -0.938. The second kappa shape index (κ2) is 10.5. The first kappa shape index (κ1) is 23.6. The Balaban J connectivity index is 1.47. The molecule has 2 heterocycles. The number of benzene rings is 1. The second-order valence-corrected chi connectivity index (χ2v) is 9.31. The summed E-state index contributed by atoms with van der Waals surface area (Å²) in [5, 5.41) is 5.64. The van der Waals surface area contributed by atoms with Gasteiger partial charge in [0.15, 0.2) is 6.10 Å². The van der Waals surface area contributed by atoms with Crippen molar-refractivity contribution in [3.8, 4) is 0 Å². The highest BCUT2D eigenvalue weighted by Crippen LogP contribution is 2.26. The largest absolute Gasteiger partial charge is 0.452 e. The van der Waals surface area contributed by atoms with Crippen molar-refractivity contribution in [2.24, 2.45) is 5.92 Å². The summed E-state index contributed by atoms with van der Waals surface area (Å²) >= 11 is 13.5. The summed E-state index contributed by atoms with van der Waals surface area (Å²) in [7, 11) is 0. The fraction of sp³-hybridized carbons (Fsp3) is 0.409. The van der Waals surface area contributed by atoms with E-state index >= 15 is 0 Å². The molecule has 2 amide bonds. The van der Waals surface area contributed by atoms with Crippen LogP contribution in [0.2, 0.25) is 10.0 Å². The summed E-state index contributed by atoms with van der Waals surface area (Å²) in [4.78, 5) is 39.9. The summed E-state index contributed by atoms with van der Waals surface area (Å²) in [6, 6.07) is 8.33. The molecule has 2 aromatic rings. The maximum Gasteiger partial charge on any atom is 0.309 e. The predicted octanol–water partition coefficient (Wildman–Crippen LogP) is 4.72. The van der Waals surface area contributed by atoms with Crippen LogP contribution in [0.3, 0.4) is 0 Å². The molecule has 1 aliphatic rings. The van der Waals surface area contributed by atoms with Gasteiger partial charge in [-0.2, -0.15) is 0 Å². The van der Waals surface area contributed by atoms with Crippen LogP contribution < -0.4 is 5.32 Å². The molecule has 1 saturated heterocycles. The van der Waals surface area contributed by atoms with Gasteiger partial charge in [0.1, 0.15) is 0 Å². The Morgan fingerprint density at radius 3 is 2.48 bits per heavy atom. The van der Waals surface area contributed by atoms with Crippen molar-refractivity contribution >= 4 is 52.3 Å². The SMILES string of the molecule is CC(OC(=O)C1CCN(C(=O)c2cccs2)CC1)C(=O)NC(C)c1ccc(Cl)cc1Cl. The number of ether oxygens (including phenoxy) is 1. The number of nitrogens with one attached hydrogen (secondary N) is 1. The average molecular weight is 483 g/mol. The number of hydrogen-bond donors (Lipinski definition) is 1. The Morgan fingerprint density at radius 1 is 1.16 bits per heavy atom. The Morgan fingerprint density at radius 2 is 1.87 bits per heavy atom. The number of hydrogen-bond acceptors (Lipinski definition) is 5. The van der Waals surface area contributed by atoms with Crippen molar-refractivity contribution < 1.29 is 19.1 Å². The molecular formula is C22H24Cl2N2O4S. The molecule has 0 radical (unpaired) electrons. The molecule has 0 aliphatic carbocycles. The minimum Gasteiger partial charge on any atom is -0.452 e. The summed E-state index contributed by atoms with van der Waals surface area (Å²) < 4.78 is 5.40. The van der Waals surface area contributed by atoms with Gasteiger partial charge in [0, 0.05) is 23.1 Å². The molecule has 0 saturated carbocycles. The number of esters is 1. The van der Waals surface area contributed by atoms with E-state index in [9.17, 15) is 14.4 Å². The fourth-order valence-corrected chi connectivity index (χ4v) is 4.72. The van der Waals surface area contributed by atoms with E-state index in [2.05, 4.69) is 5.32 Å². The number of piperidine rings is 1. The van der Waals surface area contributed by atoms with Crippen LogP contribution in [0, 0.1) is 5.92 Å². The molecule has 31 heavy (non-hydrogen) atoms. The fourth-order valence-electron chi connectivity index (χ4n) is 3.46. The average Bonchev–Trinajstić information content (AvgIpc) is 3.28. The number of nitrogens with zero attached hydrogens (tertiary/aromatic N) is 1. The summed E-state index contributed by atoms with van der Waals surface area (Å²) in [5.41, 5.74) is 0.723. The quantitative estimate of drug-likeness (QED) is 0.604. The van der Waals surface area contributed by atoms with Crippen LogP contribution in [0.25, 0.3) is 0 Å². The second-order valence-electron chi connectivity index (χ2n) is 7.52. The molecule has 3 rings (SSSR count). The molecule has 166 valence electrons. The molecule has 1 N–H and O–H groups in total. The molecule has 1 aromatic carbocycles. The first-order valence-corrected chi connectivity index (χ1v) is 11.7. The van der Waals surface area contributed by atoms with Crippen LogP contribution >= 0.6 is 34.5 Å². The van der Waals surface area contributed by atoms with E-state index in [1.807, 2.05) is 11.4 Å². The number of halogens is 2. The molecule has 2 atom stereocenters. The van der Waals surface area contributed by atoms with Crippen LogP contribution in [0.1, 0.15) is 48.0 Å². The van der Waals surface area contributed by atoms with Crippen LogP contribution in [0.5, 0.6) is 0 Å². The summed E-state index contributed by atoms with van der Waals surface area (Å²) in [6.07, 6.45) is 0.0918. The van der Waals surface area contributed by atoms with Crippen molar-refractivity contribution in [2.45, 2.75) is 38.8 Å². The van der Waals surface area contributed by atoms with Crippen LogP contribution in [0.15, 0.2) is 35.7 Å². The van der Waals surface area contributed by atoms with Gasteiger partial charge < -0.3 is 15.0 Å². The number of likely N-dealkylation sites (tertiary alicyclic amines) is 1. The lowest BCUT2D eigenvalue weighted by Gasteiger charge is -2.31. The highest BCUT2D eigenvalue weighted by molar-refractivity contribution is 7.12. The van der Waals surface area contributed by atoms with E-state index in [-0.39, 0.29) is 17.9 Å². The lowest BCUT2D eigenvalue weighted by Crippen LogP contribution is -2.42. The van der Waals surface area contributed by atoms with E-state index in [1.54, 1.807) is 43.0 Å². The molecule has 1 aliphatic heterocycles. The van der Waals surface area contributed by atoms with Crippen molar-refractivity contribution in [1.82, 2.24) is 10.2 Å². The Kier molecular flexibility index (Phi) is 7.97. The van der Waals surface area contributed by atoms with Gasteiger partial charge in [-0.25, -0.2) is 0 Å². The van der Waals surface area contributed by atoms with Crippen molar-refractivity contribution in [1.29, 1.82) is 0 Å². The lowest BCUT2D eigenvalue weighted by molar-refractivity contribution is -0.160. The summed E-state index contributed by atoms with van der Waals surface area (Å²) in [5.74, 6) is -1.16. The number of amides is 2. The standard InChI is InChI=1S/C22H24Cl2N2O4S/c1-13(17-6-5-16(23)12-18(17)24)25-20(27)14(2)30-22(29)15-7-9-26(10-8-15)21(28)19-4-3-11-31-19/h3-6,11-15H,7-10H2,1-2H3,(H,25,27). The maximum absolute atomic E-state index is 12.5. The van der Waals surface area contributed by atoms with Crippen molar-refractivity contribution in [3.63, 3.8) is 0 Å². The van der Waals surface area contributed by atoms with Gasteiger partial charge in [0.05, 0.1) is 16.8 Å². The molecule has 0 spiro atoms. The Labute approximate surface area is 195 Å². The van der Waals surface area contributed by atoms with Crippen LogP contribution in [-0.2, 0) is 14.3 Å². The first-order chi connectivity index (χ1) is 14.8. The van der Waals surface area contributed by atoms with Gasteiger partial charge in [-0.05, 0) is 55.8 Å². The third kappa shape index (κ3) is 5.99. The van der Waals surface area contributed by atoms with Gasteiger partial charge in [-0.1, -0.05) is 35.3 Å². The lowest BCUT2D eigenvalue weighted by atomic mass is 9.97. The molecule has 1 fully saturated rings. The van der Waals surface area contributed by atoms with E-state index in [0.29, 0.717) is 40.9 Å². The number of carbonyl (C=O) groups is 3. The van der Waals surface area contributed by atoms with Crippen LogP contribution in [-0.4, -0.2) is 41.9 Å². The van der Waals surface area contributed by atoms with Crippen LogP contribution in [0.4, 0.5) is 0 Å².